The molecule has 1 aliphatic heterocycles. The van der Waals surface area contributed by atoms with E-state index >= 15 is 0 Å². The first kappa shape index (κ1) is 19.2. The molecular weight excluding hydrogens is 364 g/mol. The normalized spacial score (nSPS) is 14.9. The van der Waals surface area contributed by atoms with E-state index in [0.29, 0.717) is 11.6 Å². The van der Waals surface area contributed by atoms with Crippen LogP contribution in [0.4, 0.5) is 0 Å². The summed E-state index contributed by atoms with van der Waals surface area (Å²) in [4.78, 5) is 32.8. The zero-order valence-corrected chi connectivity index (χ0v) is 17.2. The fraction of sp³-hybridized carbons (Fsp3) is 0.409. The highest BCUT2D eigenvalue weighted by Crippen LogP contribution is 2.23. The standard InChI is InChI=1S/C22H26N6O/c1-15-5-4-6-18(24-15)22(29)28-10-7-17(8-11-28)14-20-25-16(2)13-19(26-20)21-23-9-12-27(21)3/h4-6,9,12-13,17H,7-8,10-11,14H2,1-3H3. The number of likely N-dealkylation sites (tertiary alicyclic amines) is 1. The van der Waals surface area contributed by atoms with Crippen molar-refractivity contribution in [3.05, 3.63) is 59.6 Å². The third-order valence-electron chi connectivity index (χ3n) is 5.43. The molecule has 4 heterocycles. The van der Waals surface area contributed by atoms with Gasteiger partial charge in [-0.1, -0.05) is 6.07 Å². The van der Waals surface area contributed by atoms with Gasteiger partial charge in [0.1, 0.15) is 17.2 Å². The Labute approximate surface area is 170 Å². The van der Waals surface area contributed by atoms with E-state index < -0.39 is 0 Å². The van der Waals surface area contributed by atoms with E-state index in [1.807, 2.05) is 54.8 Å². The fourth-order valence-corrected chi connectivity index (χ4v) is 3.87. The number of hydrogen-bond acceptors (Lipinski definition) is 5. The van der Waals surface area contributed by atoms with E-state index in [4.69, 9.17) is 4.98 Å². The molecule has 0 unspecified atom stereocenters. The summed E-state index contributed by atoms with van der Waals surface area (Å²) in [7, 11) is 1.97. The van der Waals surface area contributed by atoms with Gasteiger partial charge in [-0.05, 0) is 50.8 Å². The second-order valence-electron chi connectivity index (χ2n) is 7.78. The number of imidazole rings is 1. The lowest BCUT2D eigenvalue weighted by Gasteiger charge is -2.31. The zero-order valence-electron chi connectivity index (χ0n) is 17.2. The minimum atomic E-state index is 0.0241. The number of aromatic nitrogens is 5. The fourth-order valence-electron chi connectivity index (χ4n) is 3.87. The maximum Gasteiger partial charge on any atom is 0.272 e. The van der Waals surface area contributed by atoms with Gasteiger partial charge in [-0.2, -0.15) is 0 Å². The maximum atomic E-state index is 12.7. The number of rotatable bonds is 4. The Morgan fingerprint density at radius 2 is 1.90 bits per heavy atom. The maximum absolute atomic E-state index is 12.7. The molecule has 1 aliphatic rings. The lowest BCUT2D eigenvalue weighted by Crippen LogP contribution is -2.39. The molecule has 0 aromatic carbocycles. The molecule has 7 nitrogen and oxygen atoms in total. The average molecular weight is 390 g/mol. The Hall–Kier alpha value is -3.09. The van der Waals surface area contributed by atoms with Crippen molar-refractivity contribution in [3.8, 4) is 11.5 Å². The summed E-state index contributed by atoms with van der Waals surface area (Å²) in [5.74, 6) is 2.20. The molecule has 0 bridgehead atoms. The summed E-state index contributed by atoms with van der Waals surface area (Å²) in [6.45, 7) is 5.39. The van der Waals surface area contributed by atoms with Crippen molar-refractivity contribution >= 4 is 5.91 Å². The van der Waals surface area contributed by atoms with Crippen LogP contribution in [0.2, 0.25) is 0 Å². The smallest absolute Gasteiger partial charge is 0.272 e. The minimum absolute atomic E-state index is 0.0241. The molecule has 0 radical (unpaired) electrons. The number of nitrogens with zero attached hydrogens (tertiary/aromatic N) is 6. The van der Waals surface area contributed by atoms with Crippen LogP contribution in [0.3, 0.4) is 0 Å². The molecule has 0 N–H and O–H groups in total. The zero-order chi connectivity index (χ0) is 20.4. The summed E-state index contributed by atoms with van der Waals surface area (Å²) in [6.07, 6.45) is 6.42. The van der Waals surface area contributed by atoms with Crippen LogP contribution >= 0.6 is 0 Å². The topological polar surface area (TPSA) is 76.8 Å². The van der Waals surface area contributed by atoms with Gasteiger partial charge in [0.2, 0.25) is 0 Å². The van der Waals surface area contributed by atoms with Gasteiger partial charge in [-0.15, -0.1) is 0 Å². The largest absolute Gasteiger partial charge is 0.337 e. The molecule has 150 valence electrons. The minimum Gasteiger partial charge on any atom is -0.337 e. The predicted molar refractivity (Wildman–Crippen MR) is 110 cm³/mol. The van der Waals surface area contributed by atoms with Gasteiger partial charge in [0.05, 0.1) is 0 Å². The third kappa shape index (κ3) is 4.34. The molecule has 29 heavy (non-hydrogen) atoms. The quantitative estimate of drug-likeness (QED) is 0.684. The Morgan fingerprint density at radius 1 is 1.10 bits per heavy atom. The Morgan fingerprint density at radius 3 is 2.59 bits per heavy atom. The van der Waals surface area contributed by atoms with Gasteiger partial charge < -0.3 is 9.47 Å². The molecule has 0 spiro atoms. The first-order valence-corrected chi connectivity index (χ1v) is 10.0. The monoisotopic (exact) mass is 390 g/mol. The van der Waals surface area contributed by atoms with Crippen LogP contribution in [-0.2, 0) is 13.5 Å². The molecule has 3 aromatic heterocycles. The summed E-state index contributed by atoms with van der Waals surface area (Å²) in [5.41, 5.74) is 3.21. The lowest BCUT2D eigenvalue weighted by atomic mass is 9.93. The highest BCUT2D eigenvalue weighted by molar-refractivity contribution is 5.92. The second-order valence-corrected chi connectivity index (χ2v) is 7.78. The van der Waals surface area contributed by atoms with Crippen LogP contribution in [-0.4, -0.2) is 48.4 Å². The summed E-state index contributed by atoms with van der Waals surface area (Å²) >= 11 is 0. The number of piperidine rings is 1. The van der Waals surface area contributed by atoms with Crippen LogP contribution in [0.5, 0.6) is 0 Å². The number of pyridine rings is 1. The molecule has 4 rings (SSSR count). The first-order valence-electron chi connectivity index (χ1n) is 10.0. The highest BCUT2D eigenvalue weighted by atomic mass is 16.2. The van der Waals surface area contributed by atoms with Crippen LogP contribution in [0.25, 0.3) is 11.5 Å². The highest BCUT2D eigenvalue weighted by Gasteiger charge is 2.25. The van der Waals surface area contributed by atoms with E-state index in [0.717, 1.165) is 61.1 Å². The van der Waals surface area contributed by atoms with Crippen LogP contribution in [0, 0.1) is 19.8 Å². The first-order chi connectivity index (χ1) is 14.0. The summed E-state index contributed by atoms with van der Waals surface area (Å²) in [6, 6.07) is 7.56. The molecule has 0 saturated carbocycles. The SMILES string of the molecule is Cc1cccc(C(=O)N2CCC(Cc3nc(C)cc(-c4nccn4C)n3)CC2)n1. The van der Waals surface area contributed by atoms with Gasteiger partial charge in [-0.3, -0.25) is 4.79 Å². The average Bonchev–Trinajstić information content (AvgIpc) is 3.13. The van der Waals surface area contributed by atoms with Crippen molar-refractivity contribution in [3.63, 3.8) is 0 Å². The van der Waals surface area contributed by atoms with Crippen molar-refractivity contribution in [2.24, 2.45) is 13.0 Å². The molecule has 7 heteroatoms. The molecule has 0 aliphatic carbocycles. The van der Waals surface area contributed by atoms with Crippen molar-refractivity contribution in [1.29, 1.82) is 0 Å². The van der Waals surface area contributed by atoms with E-state index in [-0.39, 0.29) is 5.91 Å². The van der Waals surface area contributed by atoms with Crippen LogP contribution in [0.1, 0.15) is 40.5 Å². The molecule has 0 atom stereocenters. The van der Waals surface area contributed by atoms with Gasteiger partial charge in [0.15, 0.2) is 5.82 Å². The second kappa shape index (κ2) is 8.11. The van der Waals surface area contributed by atoms with E-state index in [9.17, 15) is 4.79 Å². The third-order valence-corrected chi connectivity index (χ3v) is 5.43. The lowest BCUT2D eigenvalue weighted by molar-refractivity contribution is 0.0683. The number of carbonyl (C=O) groups excluding carboxylic acids is 1. The van der Waals surface area contributed by atoms with E-state index in [1.54, 1.807) is 12.3 Å². The number of carbonyl (C=O) groups is 1. The molecule has 1 saturated heterocycles. The number of hydrogen-bond donors (Lipinski definition) is 0. The van der Waals surface area contributed by atoms with Gasteiger partial charge in [-0.25, -0.2) is 19.9 Å². The Kier molecular flexibility index (Phi) is 5.38. The van der Waals surface area contributed by atoms with Crippen molar-refractivity contribution in [1.82, 2.24) is 29.4 Å². The number of aryl methyl sites for hydroxylation is 3. The van der Waals surface area contributed by atoms with E-state index in [1.165, 1.54) is 0 Å². The Balaban J connectivity index is 1.40. The molecular formula is C22H26N6O. The van der Waals surface area contributed by atoms with Gasteiger partial charge >= 0.3 is 0 Å². The van der Waals surface area contributed by atoms with Gasteiger partial charge in [0, 0.05) is 50.3 Å². The van der Waals surface area contributed by atoms with Crippen molar-refractivity contribution in [2.75, 3.05) is 13.1 Å². The van der Waals surface area contributed by atoms with Crippen molar-refractivity contribution in [2.45, 2.75) is 33.1 Å². The molecule has 3 aromatic rings. The van der Waals surface area contributed by atoms with Gasteiger partial charge in [0.25, 0.3) is 5.91 Å². The van der Waals surface area contributed by atoms with Crippen molar-refractivity contribution < 1.29 is 4.79 Å². The molecule has 1 fully saturated rings. The predicted octanol–water partition coefficient (Wildman–Crippen LogP) is 2.98. The Bertz CT molecular complexity index is 1020. The van der Waals surface area contributed by atoms with E-state index in [2.05, 4.69) is 15.0 Å². The summed E-state index contributed by atoms with van der Waals surface area (Å²) in [5, 5.41) is 0. The number of amides is 1. The van der Waals surface area contributed by atoms with Crippen LogP contribution < -0.4 is 0 Å². The molecule has 1 amide bonds. The summed E-state index contributed by atoms with van der Waals surface area (Å²) < 4.78 is 1.97. The van der Waals surface area contributed by atoms with Crippen LogP contribution in [0.15, 0.2) is 36.7 Å².